The Morgan fingerprint density at radius 3 is 2.18 bits per heavy atom. The second-order valence-electron chi connectivity index (χ2n) is 9.28. The number of halogens is 3. The topological polar surface area (TPSA) is 64.7 Å². The molecule has 0 spiro atoms. The molecular formula is C30H26F3N5O. The molecule has 0 radical (unpaired) electrons. The van der Waals surface area contributed by atoms with Gasteiger partial charge in [-0.3, -0.25) is 9.48 Å². The number of benzene rings is 3. The molecule has 1 amide bonds. The molecule has 0 aliphatic rings. The van der Waals surface area contributed by atoms with Gasteiger partial charge in [-0.1, -0.05) is 60.7 Å². The molecule has 0 bridgehead atoms. The molecule has 0 unspecified atom stereocenters. The number of carbonyl (C=O) groups excluding carboxylic acids is 1. The van der Waals surface area contributed by atoms with E-state index in [0.717, 1.165) is 23.4 Å². The SMILES string of the molecule is Cc1nn(Cc2cccc(C(F)(F)F)c2)c(C)c1NC(=O)c1c(-c2ccccc2)nn(-c2ccccc2)c1C. The third kappa shape index (κ3) is 5.20. The number of para-hydroxylation sites is 1. The van der Waals surface area contributed by atoms with Crippen molar-refractivity contribution in [3.63, 3.8) is 0 Å². The third-order valence-electron chi connectivity index (χ3n) is 6.60. The van der Waals surface area contributed by atoms with Crippen LogP contribution in [0.4, 0.5) is 18.9 Å². The normalized spacial score (nSPS) is 11.5. The van der Waals surface area contributed by atoms with Crippen LogP contribution in [0.15, 0.2) is 84.9 Å². The van der Waals surface area contributed by atoms with Crippen LogP contribution in [0.3, 0.4) is 0 Å². The highest BCUT2D eigenvalue weighted by Crippen LogP contribution is 2.31. The van der Waals surface area contributed by atoms with Crippen LogP contribution in [0, 0.1) is 20.8 Å². The second-order valence-corrected chi connectivity index (χ2v) is 9.28. The van der Waals surface area contributed by atoms with Gasteiger partial charge in [0.05, 0.1) is 46.1 Å². The zero-order valence-electron chi connectivity index (χ0n) is 21.6. The van der Waals surface area contributed by atoms with E-state index < -0.39 is 11.7 Å². The fourth-order valence-corrected chi connectivity index (χ4v) is 4.62. The molecule has 1 N–H and O–H groups in total. The Labute approximate surface area is 223 Å². The Bertz CT molecular complexity index is 1640. The summed E-state index contributed by atoms with van der Waals surface area (Å²) in [7, 11) is 0. The average Bonchev–Trinajstić information content (AvgIpc) is 3.40. The molecule has 0 aliphatic heterocycles. The van der Waals surface area contributed by atoms with E-state index in [1.165, 1.54) is 6.07 Å². The van der Waals surface area contributed by atoms with E-state index in [-0.39, 0.29) is 12.5 Å². The fourth-order valence-electron chi connectivity index (χ4n) is 4.62. The lowest BCUT2D eigenvalue weighted by Gasteiger charge is -2.10. The molecule has 39 heavy (non-hydrogen) atoms. The van der Waals surface area contributed by atoms with Crippen molar-refractivity contribution in [1.82, 2.24) is 19.6 Å². The maximum Gasteiger partial charge on any atom is 0.416 e. The zero-order valence-corrected chi connectivity index (χ0v) is 21.6. The number of carbonyl (C=O) groups is 1. The van der Waals surface area contributed by atoms with Crippen LogP contribution in [-0.2, 0) is 12.7 Å². The monoisotopic (exact) mass is 529 g/mol. The first kappa shape index (κ1) is 26.0. The van der Waals surface area contributed by atoms with E-state index in [2.05, 4.69) is 10.4 Å². The standard InChI is InChI=1S/C30H26F3N5O/c1-19-27(21(3)37(35-19)18-22-11-10-14-24(17-22)30(31,32)33)34-29(39)26-20(2)38(25-15-8-5-9-16-25)36-28(26)23-12-6-4-7-13-23/h4-17H,18H2,1-3H3,(H,34,39). The van der Waals surface area contributed by atoms with E-state index in [0.29, 0.717) is 39.6 Å². The van der Waals surface area contributed by atoms with E-state index in [9.17, 15) is 18.0 Å². The summed E-state index contributed by atoms with van der Waals surface area (Å²) >= 11 is 0. The van der Waals surface area contributed by atoms with Gasteiger partial charge in [0.1, 0.15) is 5.69 Å². The van der Waals surface area contributed by atoms with E-state index >= 15 is 0 Å². The van der Waals surface area contributed by atoms with Crippen LogP contribution in [0.25, 0.3) is 16.9 Å². The molecule has 0 fully saturated rings. The molecule has 198 valence electrons. The minimum atomic E-state index is -4.43. The number of amides is 1. The van der Waals surface area contributed by atoms with Crippen molar-refractivity contribution in [3.05, 3.63) is 119 Å². The van der Waals surface area contributed by atoms with Crippen LogP contribution >= 0.6 is 0 Å². The number of hydrogen-bond donors (Lipinski definition) is 1. The molecule has 0 saturated heterocycles. The van der Waals surface area contributed by atoms with E-state index in [1.807, 2.05) is 67.6 Å². The van der Waals surface area contributed by atoms with Gasteiger partial charge in [-0.2, -0.15) is 23.4 Å². The summed E-state index contributed by atoms with van der Waals surface area (Å²) in [5, 5.41) is 12.3. The quantitative estimate of drug-likeness (QED) is 0.258. The number of alkyl halides is 3. The molecule has 9 heteroatoms. The summed E-state index contributed by atoms with van der Waals surface area (Å²) in [5.74, 6) is -0.349. The molecule has 3 aromatic carbocycles. The van der Waals surface area contributed by atoms with Gasteiger partial charge >= 0.3 is 6.18 Å². The molecule has 6 nitrogen and oxygen atoms in total. The number of nitrogens with zero attached hydrogens (tertiary/aromatic N) is 4. The van der Waals surface area contributed by atoms with Crippen molar-refractivity contribution in [3.8, 4) is 16.9 Å². The van der Waals surface area contributed by atoms with E-state index in [1.54, 1.807) is 29.3 Å². The summed E-state index contributed by atoms with van der Waals surface area (Å²) in [4.78, 5) is 13.8. The van der Waals surface area contributed by atoms with Gasteiger partial charge in [0.25, 0.3) is 5.91 Å². The minimum absolute atomic E-state index is 0.132. The lowest BCUT2D eigenvalue weighted by Crippen LogP contribution is -2.15. The van der Waals surface area contributed by atoms with Crippen molar-refractivity contribution in [2.24, 2.45) is 0 Å². The highest BCUT2D eigenvalue weighted by molar-refractivity contribution is 6.09. The third-order valence-corrected chi connectivity index (χ3v) is 6.60. The molecule has 0 atom stereocenters. The molecule has 2 aromatic heterocycles. The largest absolute Gasteiger partial charge is 0.416 e. The molecular weight excluding hydrogens is 503 g/mol. The van der Waals surface area contributed by atoms with Crippen LogP contribution in [0.1, 0.15) is 38.6 Å². The Hall–Kier alpha value is -4.66. The van der Waals surface area contributed by atoms with Gasteiger partial charge in [0, 0.05) is 5.56 Å². The van der Waals surface area contributed by atoms with Crippen molar-refractivity contribution >= 4 is 11.6 Å². The van der Waals surface area contributed by atoms with Crippen LogP contribution in [-0.4, -0.2) is 25.5 Å². The van der Waals surface area contributed by atoms with Crippen LogP contribution < -0.4 is 5.32 Å². The molecule has 5 aromatic rings. The smallest absolute Gasteiger partial charge is 0.319 e. The Kier molecular flexibility index (Phi) is 6.82. The summed E-state index contributed by atoms with van der Waals surface area (Å²) < 4.78 is 42.9. The molecule has 0 aliphatic carbocycles. The van der Waals surface area contributed by atoms with Crippen molar-refractivity contribution < 1.29 is 18.0 Å². The zero-order chi connectivity index (χ0) is 27.7. The van der Waals surface area contributed by atoms with Crippen molar-refractivity contribution in [2.45, 2.75) is 33.5 Å². The lowest BCUT2D eigenvalue weighted by atomic mass is 10.1. The fraction of sp³-hybridized carbons (Fsp3) is 0.167. The van der Waals surface area contributed by atoms with Crippen LogP contribution in [0.2, 0.25) is 0 Å². The van der Waals surface area contributed by atoms with Crippen LogP contribution in [0.5, 0.6) is 0 Å². The number of rotatable bonds is 6. The summed E-state index contributed by atoms with van der Waals surface area (Å²) in [6.45, 7) is 5.51. The van der Waals surface area contributed by atoms with Gasteiger partial charge in [0.2, 0.25) is 0 Å². The Morgan fingerprint density at radius 2 is 1.51 bits per heavy atom. The number of nitrogens with one attached hydrogen (secondary N) is 1. The van der Waals surface area contributed by atoms with E-state index in [4.69, 9.17) is 5.10 Å². The van der Waals surface area contributed by atoms with Crippen molar-refractivity contribution in [2.75, 3.05) is 5.32 Å². The second kappa shape index (κ2) is 10.2. The number of hydrogen-bond acceptors (Lipinski definition) is 3. The predicted octanol–water partition coefficient (Wildman–Crippen LogP) is 6.98. The Morgan fingerprint density at radius 1 is 0.846 bits per heavy atom. The highest BCUT2D eigenvalue weighted by Gasteiger charge is 2.30. The predicted molar refractivity (Wildman–Crippen MR) is 144 cm³/mol. The first-order valence-corrected chi connectivity index (χ1v) is 12.4. The van der Waals surface area contributed by atoms with Gasteiger partial charge in [-0.05, 0) is 50.6 Å². The molecule has 0 saturated carbocycles. The maximum atomic E-state index is 13.8. The summed E-state index contributed by atoms with van der Waals surface area (Å²) in [5.41, 5.74) is 4.71. The first-order valence-electron chi connectivity index (χ1n) is 12.4. The van der Waals surface area contributed by atoms with Gasteiger partial charge in [-0.25, -0.2) is 4.68 Å². The first-order chi connectivity index (χ1) is 18.6. The Balaban J connectivity index is 1.49. The number of anilines is 1. The number of aryl methyl sites for hydroxylation is 1. The highest BCUT2D eigenvalue weighted by atomic mass is 19.4. The van der Waals surface area contributed by atoms with Gasteiger partial charge < -0.3 is 5.32 Å². The summed E-state index contributed by atoms with van der Waals surface area (Å²) in [6, 6.07) is 24.2. The average molecular weight is 530 g/mol. The van der Waals surface area contributed by atoms with Gasteiger partial charge in [0.15, 0.2) is 0 Å². The number of aromatic nitrogens is 4. The summed E-state index contributed by atoms with van der Waals surface area (Å²) in [6.07, 6.45) is -4.43. The van der Waals surface area contributed by atoms with Crippen molar-refractivity contribution in [1.29, 1.82) is 0 Å². The molecule has 5 rings (SSSR count). The molecule has 2 heterocycles. The lowest BCUT2D eigenvalue weighted by molar-refractivity contribution is -0.137. The minimum Gasteiger partial charge on any atom is -0.319 e. The maximum absolute atomic E-state index is 13.8. The van der Waals surface area contributed by atoms with Gasteiger partial charge in [-0.15, -0.1) is 0 Å².